The molecule has 2 aromatic heterocycles. The van der Waals surface area contributed by atoms with E-state index in [1.165, 1.54) is 6.20 Å². The summed E-state index contributed by atoms with van der Waals surface area (Å²) >= 11 is 5.76. The minimum Gasteiger partial charge on any atom is -0.392 e. The Morgan fingerprint density at radius 3 is 3.00 bits per heavy atom. The molecular weight excluding hydrogens is 256 g/mol. The van der Waals surface area contributed by atoms with E-state index in [0.29, 0.717) is 35.4 Å². The molecule has 6 nitrogen and oxygen atoms in total. The minimum atomic E-state index is -0.362. The van der Waals surface area contributed by atoms with Gasteiger partial charge in [0.1, 0.15) is 5.69 Å². The lowest BCUT2D eigenvalue weighted by Crippen LogP contribution is -2.15. The molecule has 2 unspecified atom stereocenters. The van der Waals surface area contributed by atoms with Gasteiger partial charge in [-0.1, -0.05) is 16.8 Å². The molecule has 2 atom stereocenters. The minimum absolute atomic E-state index is 0.0893. The molecular formula is C11H11ClN4O2. The van der Waals surface area contributed by atoms with E-state index in [0.717, 1.165) is 0 Å². The molecule has 2 N–H and O–H groups in total. The second kappa shape index (κ2) is 4.64. The number of pyridine rings is 1. The molecule has 1 aliphatic rings. The molecule has 0 bridgehead atoms. The van der Waals surface area contributed by atoms with Gasteiger partial charge in [0.2, 0.25) is 11.7 Å². The van der Waals surface area contributed by atoms with Gasteiger partial charge in [-0.15, -0.1) is 0 Å². The zero-order valence-electron chi connectivity index (χ0n) is 9.38. The van der Waals surface area contributed by atoms with E-state index in [2.05, 4.69) is 20.4 Å². The molecule has 0 radical (unpaired) electrons. The molecule has 0 aliphatic carbocycles. The summed E-state index contributed by atoms with van der Waals surface area (Å²) in [5, 5.41) is 17.0. The van der Waals surface area contributed by atoms with Crippen LogP contribution in [-0.2, 0) is 0 Å². The fourth-order valence-corrected chi connectivity index (χ4v) is 2.01. The second-order valence-electron chi connectivity index (χ2n) is 4.17. The van der Waals surface area contributed by atoms with E-state index < -0.39 is 0 Å². The molecule has 3 heterocycles. The van der Waals surface area contributed by atoms with Crippen LogP contribution in [0, 0.1) is 0 Å². The number of aromatic nitrogens is 3. The molecule has 2 aromatic rings. The van der Waals surface area contributed by atoms with Crippen molar-refractivity contribution < 1.29 is 9.63 Å². The second-order valence-corrected chi connectivity index (χ2v) is 4.60. The van der Waals surface area contributed by atoms with Crippen LogP contribution < -0.4 is 5.32 Å². The van der Waals surface area contributed by atoms with Gasteiger partial charge in [-0.25, -0.2) is 0 Å². The van der Waals surface area contributed by atoms with Gasteiger partial charge < -0.3 is 14.9 Å². The van der Waals surface area contributed by atoms with Crippen molar-refractivity contribution in [3.63, 3.8) is 0 Å². The molecule has 0 saturated carbocycles. The maximum atomic E-state index is 9.44. The quantitative estimate of drug-likeness (QED) is 0.849. The van der Waals surface area contributed by atoms with Crippen LogP contribution in [0.15, 0.2) is 22.9 Å². The van der Waals surface area contributed by atoms with Crippen molar-refractivity contribution in [2.75, 3.05) is 6.54 Å². The van der Waals surface area contributed by atoms with E-state index in [1.807, 2.05) is 0 Å². The largest absolute Gasteiger partial charge is 0.392 e. The van der Waals surface area contributed by atoms with Gasteiger partial charge in [0.15, 0.2) is 0 Å². The first-order chi connectivity index (χ1) is 8.72. The lowest BCUT2D eigenvalue weighted by molar-refractivity contribution is 0.191. The predicted molar refractivity (Wildman–Crippen MR) is 63.9 cm³/mol. The van der Waals surface area contributed by atoms with Gasteiger partial charge >= 0.3 is 0 Å². The van der Waals surface area contributed by atoms with Crippen molar-refractivity contribution in [3.05, 3.63) is 29.2 Å². The Morgan fingerprint density at radius 2 is 2.33 bits per heavy atom. The Labute approximate surface area is 108 Å². The summed E-state index contributed by atoms with van der Waals surface area (Å²) in [7, 11) is 0. The average molecular weight is 267 g/mol. The fraction of sp³-hybridized carbons (Fsp3) is 0.364. The van der Waals surface area contributed by atoms with Crippen LogP contribution >= 0.6 is 11.6 Å². The molecule has 7 heteroatoms. The van der Waals surface area contributed by atoms with Gasteiger partial charge in [0.25, 0.3) is 0 Å². The number of rotatable bonds is 2. The van der Waals surface area contributed by atoms with E-state index in [4.69, 9.17) is 16.1 Å². The highest BCUT2D eigenvalue weighted by molar-refractivity contribution is 6.30. The lowest BCUT2D eigenvalue weighted by atomic mass is 10.2. The van der Waals surface area contributed by atoms with Crippen molar-refractivity contribution in [1.82, 2.24) is 20.4 Å². The summed E-state index contributed by atoms with van der Waals surface area (Å²) in [5.41, 5.74) is 0.605. The van der Waals surface area contributed by atoms with Gasteiger partial charge in [-0.2, -0.15) is 4.98 Å². The number of β-amino-alcohol motifs (C(OH)–C–C–N with tert-alkyl or cyclic N) is 1. The number of aliphatic hydroxyl groups excluding tert-OH is 1. The van der Waals surface area contributed by atoms with E-state index in [9.17, 15) is 5.11 Å². The highest BCUT2D eigenvalue weighted by atomic mass is 35.5. The zero-order chi connectivity index (χ0) is 12.5. The standard InChI is InChI=1S/C11H11ClN4O2/c12-6-1-2-8(13-4-6)10-15-11(18-16-10)9-3-7(17)5-14-9/h1-2,4,7,9,14,17H,3,5H2. The highest BCUT2D eigenvalue weighted by Crippen LogP contribution is 2.24. The normalized spacial score (nSPS) is 23.4. The maximum absolute atomic E-state index is 9.44. The molecule has 1 saturated heterocycles. The van der Waals surface area contributed by atoms with E-state index in [-0.39, 0.29) is 12.1 Å². The smallest absolute Gasteiger partial charge is 0.244 e. The highest BCUT2D eigenvalue weighted by Gasteiger charge is 2.28. The summed E-state index contributed by atoms with van der Waals surface area (Å²) < 4.78 is 5.17. The molecule has 1 fully saturated rings. The molecule has 18 heavy (non-hydrogen) atoms. The first kappa shape index (κ1) is 11.6. The average Bonchev–Trinajstić information content (AvgIpc) is 2.98. The van der Waals surface area contributed by atoms with Crippen molar-refractivity contribution in [2.24, 2.45) is 0 Å². The van der Waals surface area contributed by atoms with Gasteiger partial charge in [0, 0.05) is 12.7 Å². The van der Waals surface area contributed by atoms with Crippen molar-refractivity contribution in [2.45, 2.75) is 18.6 Å². The van der Waals surface area contributed by atoms with Crippen molar-refractivity contribution in [3.8, 4) is 11.5 Å². The van der Waals surface area contributed by atoms with Crippen molar-refractivity contribution in [1.29, 1.82) is 0 Å². The molecule has 94 valence electrons. The SMILES string of the molecule is OC1CNC(c2nc(-c3ccc(Cl)cn3)no2)C1. The lowest BCUT2D eigenvalue weighted by Gasteiger charge is -2.01. The number of hydrogen-bond donors (Lipinski definition) is 2. The number of nitrogens with one attached hydrogen (secondary N) is 1. The number of aliphatic hydroxyl groups is 1. The first-order valence-corrected chi connectivity index (χ1v) is 5.97. The third-order valence-corrected chi connectivity index (χ3v) is 3.03. The molecule has 3 rings (SSSR count). The van der Waals surface area contributed by atoms with Gasteiger partial charge in [-0.05, 0) is 18.6 Å². The Bertz CT molecular complexity index is 542. The summed E-state index contributed by atoms with van der Waals surface area (Å²) in [6, 6.07) is 3.36. The molecule has 0 spiro atoms. The Balaban J connectivity index is 1.83. The monoisotopic (exact) mass is 266 g/mol. The van der Waals surface area contributed by atoms with Crippen LogP contribution in [0.3, 0.4) is 0 Å². The maximum Gasteiger partial charge on any atom is 0.244 e. The van der Waals surface area contributed by atoms with Crippen LogP contribution in [0.25, 0.3) is 11.5 Å². The van der Waals surface area contributed by atoms with Gasteiger partial charge in [-0.3, -0.25) is 4.98 Å². The third-order valence-electron chi connectivity index (χ3n) is 2.80. The topological polar surface area (TPSA) is 84.1 Å². The number of hydrogen-bond acceptors (Lipinski definition) is 6. The Kier molecular flexibility index (Phi) is 2.99. The number of halogens is 1. The van der Waals surface area contributed by atoms with Crippen LogP contribution in [-0.4, -0.2) is 32.9 Å². The Hall–Kier alpha value is -1.50. The van der Waals surface area contributed by atoms with Crippen LogP contribution in [0.4, 0.5) is 0 Å². The van der Waals surface area contributed by atoms with E-state index in [1.54, 1.807) is 12.1 Å². The summed E-state index contributed by atoms with van der Waals surface area (Å²) in [4.78, 5) is 8.39. The van der Waals surface area contributed by atoms with Crippen LogP contribution in [0.1, 0.15) is 18.4 Å². The summed E-state index contributed by atoms with van der Waals surface area (Å²) in [6.07, 6.45) is 1.75. The van der Waals surface area contributed by atoms with E-state index >= 15 is 0 Å². The van der Waals surface area contributed by atoms with Crippen LogP contribution in [0.2, 0.25) is 5.02 Å². The van der Waals surface area contributed by atoms with Crippen molar-refractivity contribution >= 4 is 11.6 Å². The molecule has 1 aliphatic heterocycles. The molecule has 0 aromatic carbocycles. The third kappa shape index (κ3) is 2.22. The zero-order valence-corrected chi connectivity index (χ0v) is 10.1. The van der Waals surface area contributed by atoms with Crippen LogP contribution in [0.5, 0.6) is 0 Å². The Morgan fingerprint density at radius 1 is 1.44 bits per heavy atom. The van der Waals surface area contributed by atoms with Gasteiger partial charge in [0.05, 0.1) is 17.2 Å². The molecule has 0 amide bonds. The summed E-state index contributed by atoms with van der Waals surface area (Å²) in [5.74, 6) is 0.892. The first-order valence-electron chi connectivity index (χ1n) is 5.59. The fourth-order valence-electron chi connectivity index (χ4n) is 1.89. The number of nitrogens with zero attached hydrogens (tertiary/aromatic N) is 3. The summed E-state index contributed by atoms with van der Waals surface area (Å²) in [6.45, 7) is 0.543. The predicted octanol–water partition coefficient (Wildman–Crippen LogP) is 1.18.